The zero-order valence-electron chi connectivity index (χ0n) is 11.6. The van der Waals surface area contributed by atoms with Crippen LogP contribution in [-0.4, -0.2) is 18.5 Å². The summed E-state index contributed by atoms with van der Waals surface area (Å²) in [6.45, 7) is 9.76. The first-order chi connectivity index (χ1) is 7.56. The quantitative estimate of drug-likeness (QED) is 0.451. The lowest BCUT2D eigenvalue weighted by Crippen LogP contribution is -2.12. The molecule has 0 aromatic heterocycles. The van der Waals surface area contributed by atoms with Gasteiger partial charge in [0.15, 0.2) is 0 Å². The lowest BCUT2D eigenvalue weighted by molar-refractivity contribution is 0.433. The first-order valence-corrected chi connectivity index (χ1v) is 6.26. The molecule has 0 aliphatic heterocycles. The van der Waals surface area contributed by atoms with E-state index in [0.29, 0.717) is 0 Å². The molecule has 0 amide bonds. The first kappa shape index (κ1) is 15.0. The Kier molecular flexibility index (Phi) is 8.69. The number of unbranched alkanes of at least 4 members (excludes halogenated alkanes) is 2. The number of hydrogen-bond donors (Lipinski definition) is 0. The highest BCUT2D eigenvalue weighted by molar-refractivity contribution is 5.21. The van der Waals surface area contributed by atoms with Gasteiger partial charge in [0.1, 0.15) is 0 Å². The highest BCUT2D eigenvalue weighted by atomic mass is 15.1. The Labute approximate surface area is 102 Å². The number of hydrogen-bond acceptors (Lipinski definition) is 1. The standard InChI is InChI=1S/C15H27N/c1-6-7-8-12-16(5)13-15(4)11-9-10-14(2)3/h9-11,13H,6-8,12H2,1-5H3/b11-9-,15-13+. The molecule has 0 N–H and O–H groups in total. The summed E-state index contributed by atoms with van der Waals surface area (Å²) < 4.78 is 0. The minimum atomic E-state index is 1.15. The third kappa shape index (κ3) is 9.57. The van der Waals surface area contributed by atoms with Crippen LogP contribution in [0.5, 0.6) is 0 Å². The minimum Gasteiger partial charge on any atom is -0.380 e. The smallest absolute Gasteiger partial charge is 0.0169 e. The Balaban J connectivity index is 4.00. The SMILES string of the molecule is CCCCCN(C)/C=C(C)/C=C\C=C(C)C. The molecule has 0 aromatic rings. The summed E-state index contributed by atoms with van der Waals surface area (Å²) >= 11 is 0. The Hall–Kier alpha value is -0.980. The molecule has 0 aliphatic carbocycles. The van der Waals surface area contributed by atoms with E-state index in [9.17, 15) is 0 Å². The second-order valence-corrected chi connectivity index (χ2v) is 4.66. The van der Waals surface area contributed by atoms with Gasteiger partial charge in [0.25, 0.3) is 0 Å². The van der Waals surface area contributed by atoms with Crippen LogP contribution in [0.4, 0.5) is 0 Å². The third-order valence-corrected chi connectivity index (χ3v) is 2.33. The highest BCUT2D eigenvalue weighted by Crippen LogP contribution is 2.02. The van der Waals surface area contributed by atoms with E-state index in [2.05, 4.69) is 64.1 Å². The molecular weight excluding hydrogens is 194 g/mol. The molecule has 0 aliphatic rings. The van der Waals surface area contributed by atoms with Gasteiger partial charge in [-0.3, -0.25) is 0 Å². The zero-order chi connectivity index (χ0) is 12.4. The van der Waals surface area contributed by atoms with Crippen molar-refractivity contribution in [3.8, 4) is 0 Å². The molecule has 1 nitrogen and oxygen atoms in total. The minimum absolute atomic E-state index is 1.15. The molecule has 0 spiro atoms. The van der Waals surface area contributed by atoms with Crippen molar-refractivity contribution in [1.29, 1.82) is 0 Å². The van der Waals surface area contributed by atoms with Crippen LogP contribution in [0, 0.1) is 0 Å². The van der Waals surface area contributed by atoms with Crippen LogP contribution in [0.1, 0.15) is 47.0 Å². The van der Waals surface area contributed by atoms with Gasteiger partial charge in [-0.05, 0) is 32.8 Å². The van der Waals surface area contributed by atoms with Crippen LogP contribution in [-0.2, 0) is 0 Å². The van der Waals surface area contributed by atoms with Crippen LogP contribution in [0.15, 0.2) is 35.6 Å². The van der Waals surface area contributed by atoms with Crippen molar-refractivity contribution in [3.63, 3.8) is 0 Å². The molecule has 0 atom stereocenters. The van der Waals surface area contributed by atoms with Crippen LogP contribution in [0.3, 0.4) is 0 Å². The maximum atomic E-state index is 2.28. The maximum Gasteiger partial charge on any atom is 0.0169 e. The zero-order valence-corrected chi connectivity index (χ0v) is 11.6. The Morgan fingerprint density at radius 3 is 2.38 bits per heavy atom. The molecule has 1 heteroatoms. The fraction of sp³-hybridized carbons (Fsp3) is 0.600. The largest absolute Gasteiger partial charge is 0.380 e. The van der Waals surface area contributed by atoms with Crippen LogP contribution in [0.2, 0.25) is 0 Å². The summed E-state index contributed by atoms with van der Waals surface area (Å²) in [6.07, 6.45) is 12.5. The van der Waals surface area contributed by atoms with Gasteiger partial charge in [-0.1, -0.05) is 43.6 Å². The topological polar surface area (TPSA) is 3.24 Å². The van der Waals surface area contributed by atoms with Crippen molar-refractivity contribution >= 4 is 0 Å². The summed E-state index contributed by atoms with van der Waals surface area (Å²) in [6, 6.07) is 0. The predicted molar refractivity (Wildman–Crippen MR) is 74.5 cm³/mol. The summed E-state index contributed by atoms with van der Waals surface area (Å²) in [5, 5.41) is 0. The second kappa shape index (κ2) is 9.26. The molecule has 0 saturated heterocycles. The number of rotatable bonds is 7. The molecule has 92 valence electrons. The van der Waals surface area contributed by atoms with E-state index in [1.165, 1.54) is 30.4 Å². The molecule has 0 unspecified atom stereocenters. The second-order valence-electron chi connectivity index (χ2n) is 4.66. The first-order valence-electron chi connectivity index (χ1n) is 6.26. The van der Waals surface area contributed by atoms with Gasteiger partial charge in [-0.25, -0.2) is 0 Å². The number of nitrogens with zero attached hydrogens (tertiary/aromatic N) is 1. The van der Waals surface area contributed by atoms with E-state index >= 15 is 0 Å². The van der Waals surface area contributed by atoms with Gasteiger partial charge in [0, 0.05) is 19.8 Å². The average Bonchev–Trinajstić information content (AvgIpc) is 2.17. The highest BCUT2D eigenvalue weighted by Gasteiger charge is 1.92. The van der Waals surface area contributed by atoms with Gasteiger partial charge >= 0.3 is 0 Å². The summed E-state index contributed by atoms with van der Waals surface area (Å²) in [7, 11) is 2.15. The Morgan fingerprint density at radius 1 is 1.12 bits per heavy atom. The normalized spacial score (nSPS) is 11.9. The molecule has 0 bridgehead atoms. The van der Waals surface area contributed by atoms with Crippen molar-refractivity contribution in [2.45, 2.75) is 47.0 Å². The molecule has 0 rings (SSSR count). The van der Waals surface area contributed by atoms with Crippen LogP contribution in [0.25, 0.3) is 0 Å². The molecule has 0 fully saturated rings. The van der Waals surface area contributed by atoms with E-state index in [0.717, 1.165) is 6.54 Å². The Morgan fingerprint density at radius 2 is 1.81 bits per heavy atom. The van der Waals surface area contributed by atoms with Crippen molar-refractivity contribution < 1.29 is 0 Å². The predicted octanol–water partition coefficient (Wildman–Crippen LogP) is 4.53. The summed E-state index contributed by atoms with van der Waals surface area (Å²) in [4.78, 5) is 2.28. The molecule has 0 radical (unpaired) electrons. The van der Waals surface area contributed by atoms with Gasteiger partial charge in [-0.2, -0.15) is 0 Å². The third-order valence-electron chi connectivity index (χ3n) is 2.33. The van der Waals surface area contributed by atoms with Gasteiger partial charge in [0.2, 0.25) is 0 Å². The van der Waals surface area contributed by atoms with Crippen molar-refractivity contribution in [2.75, 3.05) is 13.6 Å². The van der Waals surface area contributed by atoms with Crippen LogP contribution >= 0.6 is 0 Å². The van der Waals surface area contributed by atoms with Crippen molar-refractivity contribution in [1.82, 2.24) is 4.90 Å². The fourth-order valence-electron chi connectivity index (χ4n) is 1.46. The lowest BCUT2D eigenvalue weighted by atomic mass is 10.2. The monoisotopic (exact) mass is 221 g/mol. The van der Waals surface area contributed by atoms with E-state index in [1.807, 2.05) is 0 Å². The number of allylic oxidation sites excluding steroid dienone is 5. The van der Waals surface area contributed by atoms with E-state index in [1.54, 1.807) is 0 Å². The Bertz CT molecular complexity index is 255. The average molecular weight is 221 g/mol. The molecule has 16 heavy (non-hydrogen) atoms. The van der Waals surface area contributed by atoms with Gasteiger partial charge in [-0.15, -0.1) is 0 Å². The van der Waals surface area contributed by atoms with Crippen molar-refractivity contribution in [2.24, 2.45) is 0 Å². The fourth-order valence-corrected chi connectivity index (χ4v) is 1.46. The maximum absolute atomic E-state index is 2.28. The molecule has 0 saturated carbocycles. The van der Waals surface area contributed by atoms with E-state index < -0.39 is 0 Å². The van der Waals surface area contributed by atoms with E-state index in [4.69, 9.17) is 0 Å². The van der Waals surface area contributed by atoms with Gasteiger partial charge in [0.05, 0.1) is 0 Å². The van der Waals surface area contributed by atoms with Gasteiger partial charge < -0.3 is 4.90 Å². The van der Waals surface area contributed by atoms with E-state index in [-0.39, 0.29) is 0 Å². The molecular formula is C15H27N. The van der Waals surface area contributed by atoms with Crippen molar-refractivity contribution in [3.05, 3.63) is 35.6 Å². The molecule has 0 aromatic carbocycles. The molecule has 0 heterocycles. The summed E-state index contributed by atoms with van der Waals surface area (Å²) in [5.74, 6) is 0. The summed E-state index contributed by atoms with van der Waals surface area (Å²) in [5.41, 5.74) is 2.64. The lowest BCUT2D eigenvalue weighted by Gasteiger charge is -2.14. The van der Waals surface area contributed by atoms with Crippen LogP contribution < -0.4 is 0 Å².